The highest BCUT2D eigenvalue weighted by Gasteiger charge is 2.14. The van der Waals surface area contributed by atoms with Crippen molar-refractivity contribution >= 4 is 5.97 Å². The second kappa shape index (κ2) is 5.95. The summed E-state index contributed by atoms with van der Waals surface area (Å²) >= 11 is 0. The molecule has 0 spiro atoms. The third-order valence-electron chi connectivity index (χ3n) is 3.21. The molecule has 0 aliphatic carbocycles. The van der Waals surface area contributed by atoms with Crippen LogP contribution in [0.3, 0.4) is 0 Å². The maximum Gasteiger partial charge on any atom is 0.354 e. The van der Waals surface area contributed by atoms with E-state index in [-0.39, 0.29) is 17.7 Å². The molecule has 0 saturated heterocycles. The van der Waals surface area contributed by atoms with Crippen LogP contribution in [-0.4, -0.2) is 16.1 Å². The van der Waals surface area contributed by atoms with E-state index in [0.29, 0.717) is 11.3 Å². The van der Waals surface area contributed by atoms with Crippen molar-refractivity contribution in [1.29, 1.82) is 0 Å². The molecule has 4 heteroatoms. The van der Waals surface area contributed by atoms with Gasteiger partial charge in [-0.05, 0) is 29.2 Å². The van der Waals surface area contributed by atoms with Crippen molar-refractivity contribution in [1.82, 2.24) is 4.98 Å². The number of carbonyl (C=O) groups is 1. The Morgan fingerprint density at radius 2 is 1.86 bits per heavy atom. The smallest absolute Gasteiger partial charge is 0.354 e. The van der Waals surface area contributed by atoms with Gasteiger partial charge in [0, 0.05) is 11.8 Å². The summed E-state index contributed by atoms with van der Waals surface area (Å²) in [5.41, 5.74) is 1.91. The van der Waals surface area contributed by atoms with Gasteiger partial charge < -0.3 is 9.84 Å². The van der Waals surface area contributed by atoms with Crippen LogP contribution in [0.15, 0.2) is 42.6 Å². The van der Waals surface area contributed by atoms with Crippen LogP contribution in [0.2, 0.25) is 0 Å². The summed E-state index contributed by atoms with van der Waals surface area (Å²) < 4.78 is 5.65. The van der Waals surface area contributed by atoms with E-state index in [1.165, 1.54) is 11.8 Å². The minimum Gasteiger partial charge on any atom is -0.489 e. The first kappa shape index (κ1) is 15.0. The van der Waals surface area contributed by atoms with Crippen molar-refractivity contribution in [2.24, 2.45) is 0 Å². The van der Waals surface area contributed by atoms with Gasteiger partial charge in [0.2, 0.25) is 0 Å². The molecule has 110 valence electrons. The Morgan fingerprint density at radius 1 is 1.19 bits per heavy atom. The van der Waals surface area contributed by atoms with E-state index in [1.807, 2.05) is 24.3 Å². The van der Waals surface area contributed by atoms with Crippen LogP contribution in [0.25, 0.3) is 0 Å². The predicted molar refractivity (Wildman–Crippen MR) is 80.7 cm³/mol. The SMILES string of the molecule is CC(C)(C)c1ccc(OCc2cccnc2C(=O)O)cc1. The third-order valence-corrected chi connectivity index (χ3v) is 3.21. The number of benzene rings is 1. The Bertz CT molecular complexity index is 627. The second-order valence-electron chi connectivity index (χ2n) is 5.88. The van der Waals surface area contributed by atoms with E-state index in [1.54, 1.807) is 12.1 Å². The monoisotopic (exact) mass is 285 g/mol. The van der Waals surface area contributed by atoms with E-state index in [9.17, 15) is 4.79 Å². The molecule has 21 heavy (non-hydrogen) atoms. The van der Waals surface area contributed by atoms with Crippen LogP contribution in [0.4, 0.5) is 0 Å². The number of carboxylic acid groups (broad SMARTS) is 1. The van der Waals surface area contributed by atoms with Crippen LogP contribution in [-0.2, 0) is 12.0 Å². The Labute approximate surface area is 124 Å². The molecular weight excluding hydrogens is 266 g/mol. The van der Waals surface area contributed by atoms with Crippen LogP contribution in [0.5, 0.6) is 5.75 Å². The van der Waals surface area contributed by atoms with Crippen LogP contribution >= 0.6 is 0 Å². The Balaban J connectivity index is 2.09. The van der Waals surface area contributed by atoms with Crippen LogP contribution < -0.4 is 4.74 Å². The average molecular weight is 285 g/mol. The molecule has 2 aromatic rings. The van der Waals surface area contributed by atoms with Crippen molar-refractivity contribution in [3.05, 3.63) is 59.4 Å². The number of carboxylic acids is 1. The zero-order valence-electron chi connectivity index (χ0n) is 12.5. The molecule has 0 saturated carbocycles. The van der Waals surface area contributed by atoms with Gasteiger partial charge in [-0.1, -0.05) is 39.0 Å². The summed E-state index contributed by atoms with van der Waals surface area (Å²) in [4.78, 5) is 14.9. The minimum absolute atomic E-state index is 0.0313. The molecule has 0 radical (unpaired) electrons. The molecule has 0 unspecified atom stereocenters. The summed E-state index contributed by atoms with van der Waals surface area (Å²) in [5.74, 6) is -0.333. The molecule has 1 aromatic carbocycles. The van der Waals surface area contributed by atoms with Crippen molar-refractivity contribution < 1.29 is 14.6 Å². The first-order valence-corrected chi connectivity index (χ1v) is 6.78. The highest BCUT2D eigenvalue weighted by atomic mass is 16.5. The number of aromatic nitrogens is 1. The van der Waals surface area contributed by atoms with E-state index in [2.05, 4.69) is 25.8 Å². The minimum atomic E-state index is -1.04. The third kappa shape index (κ3) is 3.81. The normalized spacial score (nSPS) is 11.2. The average Bonchev–Trinajstić information content (AvgIpc) is 2.45. The van der Waals surface area contributed by atoms with E-state index in [0.717, 1.165) is 0 Å². The van der Waals surface area contributed by atoms with Crippen molar-refractivity contribution in [2.75, 3.05) is 0 Å². The number of ether oxygens (including phenoxy) is 1. The van der Waals surface area contributed by atoms with Gasteiger partial charge in [0.15, 0.2) is 5.69 Å². The highest BCUT2D eigenvalue weighted by Crippen LogP contribution is 2.24. The predicted octanol–water partition coefficient (Wildman–Crippen LogP) is 3.66. The van der Waals surface area contributed by atoms with Crippen LogP contribution in [0.1, 0.15) is 42.4 Å². The quantitative estimate of drug-likeness (QED) is 0.931. The lowest BCUT2D eigenvalue weighted by molar-refractivity contribution is 0.0687. The topological polar surface area (TPSA) is 59.4 Å². The molecule has 0 atom stereocenters. The number of hydrogen-bond donors (Lipinski definition) is 1. The fourth-order valence-electron chi connectivity index (χ4n) is 1.96. The van der Waals surface area contributed by atoms with Gasteiger partial charge in [0.25, 0.3) is 0 Å². The molecule has 0 fully saturated rings. The number of hydrogen-bond acceptors (Lipinski definition) is 3. The van der Waals surface area contributed by atoms with E-state index in [4.69, 9.17) is 9.84 Å². The standard InChI is InChI=1S/C17H19NO3/c1-17(2,3)13-6-8-14(9-7-13)21-11-12-5-4-10-18-15(12)16(19)20/h4-10H,11H2,1-3H3,(H,19,20). The van der Waals surface area contributed by atoms with Gasteiger partial charge in [-0.2, -0.15) is 0 Å². The molecule has 0 aliphatic rings. The molecule has 1 aromatic heterocycles. The number of rotatable bonds is 4. The highest BCUT2D eigenvalue weighted by molar-refractivity contribution is 5.86. The molecule has 0 bridgehead atoms. The van der Waals surface area contributed by atoms with Crippen molar-refractivity contribution in [2.45, 2.75) is 32.8 Å². The lowest BCUT2D eigenvalue weighted by Gasteiger charge is -2.19. The Kier molecular flexibility index (Phi) is 4.26. The fraction of sp³-hybridized carbons (Fsp3) is 0.294. The second-order valence-corrected chi connectivity index (χ2v) is 5.88. The first-order chi connectivity index (χ1) is 9.88. The summed E-state index contributed by atoms with van der Waals surface area (Å²) in [6.07, 6.45) is 1.46. The molecule has 2 rings (SSSR count). The van der Waals surface area contributed by atoms with Gasteiger partial charge in [-0.25, -0.2) is 9.78 Å². The molecule has 0 aliphatic heterocycles. The van der Waals surface area contributed by atoms with Crippen molar-refractivity contribution in [3.63, 3.8) is 0 Å². The van der Waals surface area contributed by atoms with E-state index < -0.39 is 5.97 Å². The molecule has 1 heterocycles. The summed E-state index contributed by atoms with van der Waals surface area (Å²) in [6.45, 7) is 6.64. The first-order valence-electron chi connectivity index (χ1n) is 6.78. The molecule has 1 N–H and O–H groups in total. The van der Waals surface area contributed by atoms with E-state index >= 15 is 0 Å². The lowest BCUT2D eigenvalue weighted by Crippen LogP contribution is -2.11. The van der Waals surface area contributed by atoms with Gasteiger partial charge in [0.1, 0.15) is 12.4 Å². The zero-order valence-corrected chi connectivity index (χ0v) is 12.5. The van der Waals surface area contributed by atoms with Gasteiger partial charge in [0.05, 0.1) is 0 Å². The Morgan fingerprint density at radius 3 is 2.43 bits per heavy atom. The van der Waals surface area contributed by atoms with Crippen LogP contribution in [0, 0.1) is 0 Å². The maximum absolute atomic E-state index is 11.1. The maximum atomic E-state index is 11.1. The fourth-order valence-corrected chi connectivity index (χ4v) is 1.96. The number of aromatic carboxylic acids is 1. The lowest BCUT2D eigenvalue weighted by atomic mass is 9.87. The largest absolute Gasteiger partial charge is 0.489 e. The number of pyridine rings is 1. The van der Waals surface area contributed by atoms with Gasteiger partial charge in [-0.15, -0.1) is 0 Å². The summed E-state index contributed by atoms with van der Waals surface area (Å²) in [5, 5.41) is 9.07. The molecule has 4 nitrogen and oxygen atoms in total. The van der Waals surface area contributed by atoms with Gasteiger partial charge >= 0.3 is 5.97 Å². The molecule has 0 amide bonds. The summed E-state index contributed by atoms with van der Waals surface area (Å²) in [6, 6.07) is 11.3. The number of nitrogens with zero attached hydrogens (tertiary/aromatic N) is 1. The van der Waals surface area contributed by atoms with Crippen molar-refractivity contribution in [3.8, 4) is 5.75 Å². The molecular formula is C17H19NO3. The summed E-state index contributed by atoms with van der Waals surface area (Å²) in [7, 11) is 0. The Hall–Kier alpha value is -2.36. The zero-order chi connectivity index (χ0) is 15.5. The van der Waals surface area contributed by atoms with Gasteiger partial charge in [-0.3, -0.25) is 0 Å².